The first-order valence-electron chi connectivity index (χ1n) is 9.73. The molecule has 7 heteroatoms. The molecule has 7 nitrogen and oxygen atoms in total. The smallest absolute Gasteiger partial charge is 0.186 e. The molecule has 0 saturated heterocycles. The highest BCUT2D eigenvalue weighted by molar-refractivity contribution is 6.01. The third-order valence-electron chi connectivity index (χ3n) is 4.24. The SMILES string of the molecule is CO/N=C(\COc1ccc(COc2ccc(OCC(O)O)cc2)cc1)c1ccccc1. The molecule has 0 amide bonds. The zero-order chi connectivity index (χ0) is 21.9. The van der Waals surface area contributed by atoms with Crippen LogP contribution in [0, 0.1) is 0 Å². The van der Waals surface area contributed by atoms with Crippen LogP contribution < -0.4 is 14.2 Å². The van der Waals surface area contributed by atoms with Crippen molar-refractivity contribution in [1.82, 2.24) is 0 Å². The Morgan fingerprint density at radius 1 is 0.774 bits per heavy atom. The van der Waals surface area contributed by atoms with Crippen molar-refractivity contribution < 1.29 is 29.3 Å². The lowest BCUT2D eigenvalue weighted by Gasteiger charge is -2.11. The summed E-state index contributed by atoms with van der Waals surface area (Å²) in [6, 6.07) is 24.3. The van der Waals surface area contributed by atoms with Crippen molar-refractivity contribution in [2.24, 2.45) is 5.16 Å². The van der Waals surface area contributed by atoms with Crippen molar-refractivity contribution in [2.45, 2.75) is 12.9 Å². The van der Waals surface area contributed by atoms with E-state index in [4.69, 9.17) is 29.3 Å². The van der Waals surface area contributed by atoms with E-state index in [-0.39, 0.29) is 13.2 Å². The van der Waals surface area contributed by atoms with Gasteiger partial charge in [0.1, 0.15) is 49.9 Å². The number of oxime groups is 1. The van der Waals surface area contributed by atoms with E-state index in [0.717, 1.165) is 16.9 Å². The number of nitrogens with zero attached hydrogens (tertiary/aromatic N) is 1. The molecule has 0 aliphatic rings. The maximum atomic E-state index is 8.82. The lowest BCUT2D eigenvalue weighted by Crippen LogP contribution is -2.15. The molecule has 3 aromatic rings. The summed E-state index contributed by atoms with van der Waals surface area (Å²) in [4.78, 5) is 4.93. The minimum atomic E-state index is -1.50. The van der Waals surface area contributed by atoms with Gasteiger partial charge in [-0.25, -0.2) is 0 Å². The van der Waals surface area contributed by atoms with Crippen LogP contribution >= 0.6 is 0 Å². The maximum absolute atomic E-state index is 8.82. The van der Waals surface area contributed by atoms with Crippen molar-refractivity contribution in [3.63, 3.8) is 0 Å². The van der Waals surface area contributed by atoms with Crippen molar-refractivity contribution in [1.29, 1.82) is 0 Å². The normalized spacial score (nSPS) is 11.3. The molecular formula is C24H25NO6. The molecule has 0 aromatic heterocycles. The van der Waals surface area contributed by atoms with Crippen LogP contribution in [0.1, 0.15) is 11.1 Å². The Bertz CT molecular complexity index is 940. The Kier molecular flexibility index (Phi) is 8.28. The number of rotatable bonds is 11. The first-order chi connectivity index (χ1) is 15.1. The molecule has 31 heavy (non-hydrogen) atoms. The van der Waals surface area contributed by atoms with Crippen LogP contribution in [0.5, 0.6) is 17.2 Å². The van der Waals surface area contributed by atoms with Gasteiger partial charge in [0.2, 0.25) is 0 Å². The van der Waals surface area contributed by atoms with Crippen LogP contribution in [0.15, 0.2) is 84.0 Å². The molecule has 0 aliphatic carbocycles. The second-order valence-corrected chi connectivity index (χ2v) is 6.57. The highest BCUT2D eigenvalue weighted by Crippen LogP contribution is 2.20. The molecule has 0 fully saturated rings. The summed E-state index contributed by atoms with van der Waals surface area (Å²) in [7, 11) is 1.51. The molecule has 2 N–H and O–H groups in total. The standard InChI is InChI=1S/C24H25NO6/c1-28-25-23(19-5-3-2-4-6-19)16-30-20-9-7-18(8-10-20)15-29-21-11-13-22(14-12-21)31-17-24(26)27/h2-14,24,26-27H,15-17H2,1H3/b25-23+. The summed E-state index contributed by atoms with van der Waals surface area (Å²) in [5, 5.41) is 21.7. The molecular weight excluding hydrogens is 398 g/mol. The first kappa shape index (κ1) is 22.1. The monoisotopic (exact) mass is 423 g/mol. The van der Waals surface area contributed by atoms with E-state index in [1.807, 2.05) is 54.6 Å². The quantitative estimate of drug-likeness (QED) is 0.279. The average molecular weight is 423 g/mol. The van der Waals surface area contributed by atoms with Crippen LogP contribution in [-0.2, 0) is 11.4 Å². The summed E-state index contributed by atoms with van der Waals surface area (Å²) in [6.45, 7) is 0.504. The zero-order valence-electron chi connectivity index (χ0n) is 17.2. The van der Waals surface area contributed by atoms with Gasteiger partial charge in [0.15, 0.2) is 6.29 Å². The Balaban J connectivity index is 1.49. The van der Waals surface area contributed by atoms with E-state index in [0.29, 0.717) is 23.8 Å². The molecule has 0 bridgehead atoms. The predicted octanol–water partition coefficient (Wildman–Crippen LogP) is 3.38. The molecule has 0 aliphatic heterocycles. The summed E-state index contributed by atoms with van der Waals surface area (Å²) >= 11 is 0. The summed E-state index contributed by atoms with van der Waals surface area (Å²) < 4.78 is 16.8. The van der Waals surface area contributed by atoms with Gasteiger partial charge in [-0.2, -0.15) is 0 Å². The predicted molar refractivity (Wildman–Crippen MR) is 116 cm³/mol. The average Bonchev–Trinajstić information content (AvgIpc) is 2.81. The lowest BCUT2D eigenvalue weighted by atomic mass is 10.1. The second-order valence-electron chi connectivity index (χ2n) is 6.57. The molecule has 0 atom stereocenters. The lowest BCUT2D eigenvalue weighted by molar-refractivity contribution is -0.0680. The van der Waals surface area contributed by atoms with Crippen LogP contribution in [0.3, 0.4) is 0 Å². The Hall–Kier alpha value is -3.55. The molecule has 0 unspecified atom stereocenters. The van der Waals surface area contributed by atoms with Crippen molar-refractivity contribution >= 4 is 5.71 Å². The van der Waals surface area contributed by atoms with Crippen molar-refractivity contribution in [3.05, 3.63) is 90.0 Å². The van der Waals surface area contributed by atoms with Gasteiger partial charge in [-0.3, -0.25) is 0 Å². The molecule has 3 rings (SSSR count). The van der Waals surface area contributed by atoms with Crippen LogP contribution in [0.25, 0.3) is 0 Å². The van der Waals surface area contributed by atoms with Gasteiger partial charge in [0.05, 0.1) is 0 Å². The second kappa shape index (κ2) is 11.6. The minimum absolute atomic E-state index is 0.182. The topological polar surface area (TPSA) is 89.7 Å². The van der Waals surface area contributed by atoms with E-state index in [9.17, 15) is 0 Å². The third-order valence-corrected chi connectivity index (χ3v) is 4.24. The molecule has 0 saturated carbocycles. The zero-order valence-corrected chi connectivity index (χ0v) is 17.2. The summed E-state index contributed by atoms with van der Waals surface area (Å²) in [5.74, 6) is 1.94. The molecule has 0 heterocycles. The molecule has 0 spiro atoms. The van der Waals surface area contributed by atoms with E-state index in [1.54, 1.807) is 24.3 Å². The van der Waals surface area contributed by atoms with Crippen molar-refractivity contribution in [2.75, 3.05) is 20.3 Å². The maximum Gasteiger partial charge on any atom is 0.186 e. The van der Waals surface area contributed by atoms with Crippen molar-refractivity contribution in [3.8, 4) is 17.2 Å². The number of hydrogen-bond donors (Lipinski definition) is 2. The number of ether oxygens (including phenoxy) is 3. The van der Waals surface area contributed by atoms with E-state index in [1.165, 1.54) is 7.11 Å². The first-order valence-corrected chi connectivity index (χ1v) is 9.73. The van der Waals surface area contributed by atoms with Gasteiger partial charge in [0.25, 0.3) is 0 Å². The third kappa shape index (κ3) is 7.33. The van der Waals surface area contributed by atoms with Gasteiger partial charge < -0.3 is 29.3 Å². The highest BCUT2D eigenvalue weighted by Gasteiger charge is 2.06. The van der Waals surface area contributed by atoms with Gasteiger partial charge in [-0.15, -0.1) is 0 Å². The number of aliphatic hydroxyl groups is 2. The number of benzene rings is 3. The fraction of sp³-hybridized carbons (Fsp3) is 0.208. The Labute approximate surface area is 181 Å². The van der Waals surface area contributed by atoms with E-state index >= 15 is 0 Å². The van der Waals surface area contributed by atoms with Gasteiger partial charge in [-0.05, 0) is 42.0 Å². The van der Waals surface area contributed by atoms with E-state index < -0.39 is 6.29 Å². The van der Waals surface area contributed by atoms with Crippen LogP contribution in [0.4, 0.5) is 0 Å². The highest BCUT2D eigenvalue weighted by atomic mass is 16.6. The van der Waals surface area contributed by atoms with Gasteiger partial charge >= 0.3 is 0 Å². The molecule has 162 valence electrons. The number of aliphatic hydroxyl groups excluding tert-OH is 1. The van der Waals surface area contributed by atoms with Crippen LogP contribution in [-0.4, -0.2) is 42.5 Å². The fourth-order valence-electron chi connectivity index (χ4n) is 2.71. The number of hydrogen-bond acceptors (Lipinski definition) is 7. The summed E-state index contributed by atoms with van der Waals surface area (Å²) in [6.07, 6.45) is -1.50. The fourth-order valence-corrected chi connectivity index (χ4v) is 2.71. The van der Waals surface area contributed by atoms with Gasteiger partial charge in [0, 0.05) is 5.56 Å². The molecule has 3 aromatic carbocycles. The Morgan fingerprint density at radius 3 is 1.97 bits per heavy atom. The Morgan fingerprint density at radius 2 is 1.35 bits per heavy atom. The minimum Gasteiger partial charge on any atom is -0.489 e. The molecule has 0 radical (unpaired) electrons. The van der Waals surface area contributed by atoms with E-state index in [2.05, 4.69) is 5.16 Å². The largest absolute Gasteiger partial charge is 0.489 e. The van der Waals surface area contributed by atoms with Crippen LogP contribution in [0.2, 0.25) is 0 Å². The summed E-state index contributed by atoms with van der Waals surface area (Å²) in [5.41, 5.74) is 2.64. The van der Waals surface area contributed by atoms with Gasteiger partial charge in [-0.1, -0.05) is 47.6 Å².